The number of nitrogens with zero attached hydrogens (tertiary/aromatic N) is 1. The van der Waals surface area contributed by atoms with Gasteiger partial charge in [0.15, 0.2) is 21.3 Å². The first-order valence-electron chi connectivity index (χ1n) is 27.0. The number of nitrogens with one attached hydrogen (secondary N) is 3. The van der Waals surface area contributed by atoms with Crippen molar-refractivity contribution in [3.63, 3.8) is 0 Å². The van der Waals surface area contributed by atoms with Crippen molar-refractivity contribution in [2.24, 2.45) is 5.92 Å². The summed E-state index contributed by atoms with van der Waals surface area (Å²) in [6.45, 7) is -2.74. The van der Waals surface area contributed by atoms with E-state index in [-0.39, 0.29) is 33.7 Å². The van der Waals surface area contributed by atoms with Crippen LogP contribution in [0.4, 0.5) is 42.0 Å². The molecule has 498 valence electrons. The molecule has 1 atom stereocenters. The number of rotatable bonds is 24. The molecule has 0 radical (unpaired) electrons. The molecule has 0 spiro atoms. The lowest BCUT2D eigenvalue weighted by molar-refractivity contribution is -0.904. The van der Waals surface area contributed by atoms with Crippen molar-refractivity contribution in [3.05, 3.63) is 203 Å². The van der Waals surface area contributed by atoms with Crippen LogP contribution in [0.1, 0.15) is 35.6 Å². The quantitative estimate of drug-likeness (QED) is 0.00562. The van der Waals surface area contributed by atoms with E-state index in [1.165, 1.54) is 62.0 Å². The smallest absolute Gasteiger partial charge is 0.387 e. The Morgan fingerprint density at radius 2 is 1.00 bits per heavy atom. The molecule has 1 saturated carbocycles. The second-order valence-corrected chi connectivity index (χ2v) is 34.5. The van der Waals surface area contributed by atoms with E-state index >= 15 is 0 Å². The number of ether oxygens (including phenoxy) is 3. The summed E-state index contributed by atoms with van der Waals surface area (Å²) in [6, 6.07) is 47.2. The molecule has 8 N–H and O–H groups in total. The summed E-state index contributed by atoms with van der Waals surface area (Å²) >= 11 is 17.5. The van der Waals surface area contributed by atoms with Gasteiger partial charge >= 0.3 is 11.9 Å². The highest BCUT2D eigenvalue weighted by Crippen LogP contribution is 2.41. The van der Waals surface area contributed by atoms with Crippen molar-refractivity contribution in [2.75, 3.05) is 57.3 Å². The van der Waals surface area contributed by atoms with Gasteiger partial charge in [0.05, 0.1) is 31.1 Å². The summed E-state index contributed by atoms with van der Waals surface area (Å²) in [5.74, 6) is 0.116. The van der Waals surface area contributed by atoms with Crippen molar-refractivity contribution in [1.29, 1.82) is 0 Å². The van der Waals surface area contributed by atoms with Crippen LogP contribution in [0.2, 0.25) is 10.0 Å². The lowest BCUT2D eigenvalue weighted by atomic mass is 10.0. The van der Waals surface area contributed by atoms with E-state index in [1.54, 1.807) is 94.4 Å². The SMILES string of the molecule is CS(=O)(=O)Cc1ccc(SC(=O)O[C@@H](Cc2c(Cl)c[n+](O)cc2Cl)c2ccc(OC(F)F)c(OCC3CC3)c2)cc1.CS(=O)(=O)Nc1ccc(S)cc1.CS(=O)(=O)Nc1ccc(SSc2ccc(NS(C)(=O)=O)cc2)cc1.Nc1ccc(SSc2ccc(N)cc2)cc1. The number of benzene rings is 7. The van der Waals surface area contributed by atoms with Crippen molar-refractivity contribution >= 4 is 164 Å². The van der Waals surface area contributed by atoms with Gasteiger partial charge < -0.3 is 25.7 Å². The minimum absolute atomic E-state index is 0.0186. The second-order valence-electron chi connectivity index (χ2n) is 20.2. The Kier molecular flexibility index (Phi) is 29.1. The molecular weight excluding hydrogens is 1440 g/mol. The van der Waals surface area contributed by atoms with E-state index in [4.69, 9.17) is 44.1 Å². The first-order chi connectivity index (χ1) is 43.7. The highest BCUT2D eigenvalue weighted by atomic mass is 35.5. The molecule has 1 heterocycles. The first-order valence-corrected chi connectivity index (χ1v) is 41.0. The molecule has 0 amide bonds. The number of hydrogen-bond acceptors (Lipinski definition) is 21. The molecule has 1 aromatic heterocycles. The van der Waals surface area contributed by atoms with E-state index in [2.05, 4.69) is 31.5 Å². The van der Waals surface area contributed by atoms with Crippen LogP contribution in [0.25, 0.3) is 0 Å². The van der Waals surface area contributed by atoms with Crippen molar-refractivity contribution < 1.29 is 71.4 Å². The minimum Gasteiger partial charge on any atom is -0.489 e. The van der Waals surface area contributed by atoms with Gasteiger partial charge in [-0.25, -0.2) is 38.5 Å². The summed E-state index contributed by atoms with van der Waals surface area (Å²) in [6.07, 6.45) is 7.84. The average Bonchev–Trinajstić information content (AvgIpc) is 1.82. The molecule has 33 heteroatoms. The number of anilines is 5. The molecule has 1 aliphatic carbocycles. The number of sulfone groups is 1. The normalized spacial score (nSPS) is 12.5. The summed E-state index contributed by atoms with van der Waals surface area (Å²) in [5.41, 5.74) is 15.8. The van der Waals surface area contributed by atoms with Crippen molar-refractivity contribution in [1.82, 2.24) is 0 Å². The summed E-state index contributed by atoms with van der Waals surface area (Å²) in [5, 5.41) is 9.27. The number of nitrogen functional groups attached to an aromatic ring is 2. The Morgan fingerprint density at radius 3 is 1.39 bits per heavy atom. The highest BCUT2D eigenvalue weighted by molar-refractivity contribution is 8.77. The Balaban J connectivity index is 0.000000221. The molecule has 9 rings (SSSR count). The van der Waals surface area contributed by atoms with Gasteiger partial charge in [-0.2, -0.15) is 8.78 Å². The fraction of sp³-hybridized carbons (Fsp3) is 0.200. The lowest BCUT2D eigenvalue weighted by Crippen LogP contribution is -2.29. The van der Waals surface area contributed by atoms with Crippen LogP contribution in [0, 0.1) is 5.92 Å². The predicted octanol–water partition coefficient (Wildman–Crippen LogP) is 14.9. The Hall–Kier alpha value is -6.10. The van der Waals surface area contributed by atoms with Crippen molar-refractivity contribution in [2.45, 2.75) is 67.1 Å². The average molecular weight is 1510 g/mol. The molecule has 0 saturated heterocycles. The van der Waals surface area contributed by atoms with E-state index in [9.17, 15) is 52.5 Å². The van der Waals surface area contributed by atoms with Crippen LogP contribution in [-0.2, 0) is 56.8 Å². The summed E-state index contributed by atoms with van der Waals surface area (Å²) < 4.78 is 139. The molecule has 0 unspecified atom stereocenters. The molecule has 1 aliphatic rings. The van der Waals surface area contributed by atoms with Crippen LogP contribution in [0.15, 0.2) is 206 Å². The van der Waals surface area contributed by atoms with Gasteiger partial charge in [0.2, 0.25) is 42.5 Å². The number of halogens is 4. The van der Waals surface area contributed by atoms with Gasteiger partial charge in [-0.3, -0.25) is 19.4 Å². The maximum absolute atomic E-state index is 13.0. The monoisotopic (exact) mass is 1500 g/mol. The van der Waals surface area contributed by atoms with Gasteiger partial charge in [0, 0.05) is 80.8 Å². The third-order valence-electron chi connectivity index (χ3n) is 11.7. The zero-order valence-electron chi connectivity index (χ0n) is 49.6. The van der Waals surface area contributed by atoms with E-state index in [0.717, 1.165) is 75.7 Å². The third-order valence-corrected chi connectivity index (χ3v) is 20.9. The molecule has 19 nitrogen and oxygen atoms in total. The number of alkyl halides is 2. The van der Waals surface area contributed by atoms with Crippen LogP contribution >= 0.6 is 90.8 Å². The van der Waals surface area contributed by atoms with E-state index < -0.39 is 57.9 Å². The molecule has 8 aromatic rings. The fourth-order valence-electron chi connectivity index (χ4n) is 7.43. The van der Waals surface area contributed by atoms with Crippen LogP contribution in [0.5, 0.6) is 11.5 Å². The van der Waals surface area contributed by atoms with Gasteiger partial charge in [0.1, 0.15) is 16.1 Å². The number of sulfonamides is 3. The molecule has 0 bridgehead atoms. The van der Waals surface area contributed by atoms with Crippen molar-refractivity contribution in [3.8, 4) is 11.5 Å². The molecular formula is C60H63Cl2F2N6O13S10+. The Bertz CT molecular complexity index is 4090. The number of nitrogens with two attached hydrogens (primary N) is 2. The van der Waals surface area contributed by atoms with E-state index in [1.807, 2.05) is 72.8 Å². The fourth-order valence-corrected chi connectivity index (χ4v) is 15.2. The van der Waals surface area contributed by atoms with Gasteiger partial charge in [-0.1, -0.05) is 84.6 Å². The summed E-state index contributed by atoms with van der Waals surface area (Å²) in [7, 11) is -6.47. The standard InChI is InChI=1S/C27H26Cl2F2NO7S2.C14H16N2O4S4.C12H12N2S2.C7H9NO2S2/c1-41(35,36)15-17-4-7-19(8-5-17)40-27(33)39-24(11-20-21(28)12-32(34)13-22(20)29)18-6-9-23(38-26(30)31)25(10-18)37-14-16-2-3-16;1-23(17,18)15-11-3-7-13(8-4-11)21-22-14-9-5-12(6-10-14)16-24(2,19)20;13-9-1-5-11(6-2-9)15-16-12-7-3-10(14)4-8-12;1-12(9,10)8-6-2-4-7(11)5-3-6/h4-10,12-13,16,24,26,34H,2-3,11,14-15H2,1H3;3-10,15-16H,1-2H3;1-8H,13-14H2;2-5,8,11H,1H3/q+1;;;/t24-;;;/m0.../s1. The Labute approximate surface area is 575 Å². The number of hydrogen-bond donors (Lipinski definition) is 7. The number of thiol groups is 1. The molecule has 1 fully saturated rings. The maximum Gasteiger partial charge on any atom is 0.387 e. The second kappa shape index (κ2) is 35.6. The van der Waals surface area contributed by atoms with Gasteiger partial charge in [-0.15, -0.1) is 12.6 Å². The molecule has 7 aromatic carbocycles. The predicted molar refractivity (Wildman–Crippen MR) is 376 cm³/mol. The number of carbonyl (C=O) groups is 1. The first kappa shape index (κ1) is 75.9. The number of thioether (sulfide) groups is 1. The topological polar surface area (TPSA) is 294 Å². The van der Waals surface area contributed by atoms with Crippen LogP contribution in [0.3, 0.4) is 0 Å². The third kappa shape index (κ3) is 30.5. The largest absolute Gasteiger partial charge is 0.489 e. The highest BCUT2D eigenvalue weighted by Gasteiger charge is 2.27. The minimum atomic E-state index is -3.27. The maximum atomic E-state index is 13.0. The summed E-state index contributed by atoms with van der Waals surface area (Å²) in [4.78, 5) is 18.7. The van der Waals surface area contributed by atoms with Crippen LogP contribution < -0.4 is 39.8 Å². The molecule has 0 aliphatic heterocycles. The number of aromatic nitrogens is 1. The number of pyridine rings is 1. The zero-order chi connectivity index (χ0) is 68.1. The van der Waals surface area contributed by atoms with E-state index in [0.29, 0.717) is 55.9 Å². The van der Waals surface area contributed by atoms with Crippen LogP contribution in [-0.4, -0.2) is 82.4 Å². The number of carbonyl (C=O) groups excluding carboxylic acids is 1. The lowest BCUT2D eigenvalue weighted by Gasteiger charge is -2.21. The zero-order valence-corrected chi connectivity index (χ0v) is 59.3. The van der Waals surface area contributed by atoms with Gasteiger partial charge in [0.25, 0.3) is 0 Å². The van der Waals surface area contributed by atoms with Gasteiger partial charge in [-0.05, 0) is 187 Å². The molecule has 93 heavy (non-hydrogen) atoms. The Morgan fingerprint density at radius 1 is 0.602 bits per heavy atom.